The molecule has 0 amide bonds. The van der Waals surface area contributed by atoms with Gasteiger partial charge in [0.2, 0.25) is 0 Å². The molecule has 0 aromatic heterocycles. The second-order valence-electron chi connectivity index (χ2n) is 4.29. The minimum absolute atomic E-state index is 0.129. The van der Waals surface area contributed by atoms with Crippen LogP contribution in [0.5, 0.6) is 5.75 Å². The first kappa shape index (κ1) is 8.04. The van der Waals surface area contributed by atoms with Gasteiger partial charge in [0.15, 0.2) is 0 Å². The Balaban J connectivity index is 2.01. The van der Waals surface area contributed by atoms with E-state index in [2.05, 4.69) is 13.0 Å². The minimum atomic E-state index is 0.129. The largest absolute Gasteiger partial charge is 0.489 e. The molecular weight excluding hydrogens is 176 g/mol. The maximum Gasteiger partial charge on any atom is 0.137 e. The van der Waals surface area contributed by atoms with Crippen LogP contribution in [0.3, 0.4) is 0 Å². The van der Waals surface area contributed by atoms with Gasteiger partial charge in [-0.2, -0.15) is 0 Å². The summed E-state index contributed by atoms with van der Waals surface area (Å²) in [6, 6.07) is 6.20. The normalized spacial score (nSPS) is 31.7. The summed E-state index contributed by atoms with van der Waals surface area (Å²) in [6.07, 6.45) is 0.143. The number of ether oxygens (including phenoxy) is 1. The highest BCUT2D eigenvalue weighted by Crippen LogP contribution is 2.58. The van der Waals surface area contributed by atoms with E-state index in [-0.39, 0.29) is 17.8 Å². The molecule has 3 rings (SSSR count). The van der Waals surface area contributed by atoms with Crippen molar-refractivity contribution < 1.29 is 9.53 Å². The molecule has 1 aromatic rings. The lowest BCUT2D eigenvalue weighted by molar-refractivity contribution is -0.118. The molecule has 1 saturated carbocycles. The Morgan fingerprint density at radius 3 is 2.93 bits per heavy atom. The monoisotopic (exact) mass is 188 g/mol. The maximum absolute atomic E-state index is 11.2. The van der Waals surface area contributed by atoms with E-state index in [9.17, 15) is 4.79 Å². The summed E-state index contributed by atoms with van der Waals surface area (Å²) < 4.78 is 5.69. The first-order valence-electron chi connectivity index (χ1n) is 4.96. The smallest absolute Gasteiger partial charge is 0.137 e. The Labute approximate surface area is 82.9 Å². The van der Waals surface area contributed by atoms with Crippen LogP contribution in [0.4, 0.5) is 0 Å². The Morgan fingerprint density at radius 1 is 1.43 bits per heavy atom. The predicted octanol–water partition coefficient (Wildman–Crippen LogP) is 2.06. The first-order chi connectivity index (χ1) is 6.68. The van der Waals surface area contributed by atoms with Crippen LogP contribution in [0.25, 0.3) is 0 Å². The highest BCUT2D eigenvalue weighted by Gasteiger charge is 2.60. The second-order valence-corrected chi connectivity index (χ2v) is 4.29. The van der Waals surface area contributed by atoms with Gasteiger partial charge in [0.25, 0.3) is 0 Å². The van der Waals surface area contributed by atoms with Crippen molar-refractivity contribution in [2.24, 2.45) is 5.92 Å². The lowest BCUT2D eigenvalue weighted by Crippen LogP contribution is -2.05. The number of hydrogen-bond acceptors (Lipinski definition) is 2. The van der Waals surface area contributed by atoms with Crippen LogP contribution in [0.2, 0.25) is 0 Å². The topological polar surface area (TPSA) is 26.3 Å². The van der Waals surface area contributed by atoms with E-state index in [4.69, 9.17) is 4.74 Å². The van der Waals surface area contributed by atoms with Crippen LogP contribution in [0, 0.1) is 12.8 Å². The van der Waals surface area contributed by atoms with Crippen LogP contribution < -0.4 is 4.74 Å². The van der Waals surface area contributed by atoms with Crippen LogP contribution in [-0.4, -0.2) is 11.9 Å². The predicted molar refractivity (Wildman–Crippen MR) is 52.5 cm³/mol. The molecule has 1 heterocycles. The third-order valence-electron chi connectivity index (χ3n) is 3.21. The molecule has 1 aliphatic carbocycles. The Hall–Kier alpha value is -1.31. The average Bonchev–Trinajstić information content (AvgIpc) is 2.73. The first-order valence-corrected chi connectivity index (χ1v) is 4.96. The maximum atomic E-state index is 11.2. The van der Waals surface area contributed by atoms with Crippen molar-refractivity contribution in [3.63, 3.8) is 0 Å². The summed E-state index contributed by atoms with van der Waals surface area (Å²) >= 11 is 0. The zero-order valence-corrected chi connectivity index (χ0v) is 8.28. The average molecular weight is 188 g/mol. The molecule has 1 aromatic carbocycles. The van der Waals surface area contributed by atoms with Crippen LogP contribution in [0.1, 0.15) is 24.0 Å². The zero-order valence-electron chi connectivity index (χ0n) is 8.28. The Kier molecular flexibility index (Phi) is 1.37. The third kappa shape index (κ3) is 0.884. The molecular formula is C12H12O2. The number of hydrogen-bond donors (Lipinski definition) is 0. The summed E-state index contributed by atoms with van der Waals surface area (Å²) in [6.45, 7) is 3.72. The molecule has 0 spiro atoms. The highest BCUT2D eigenvalue weighted by atomic mass is 16.5. The molecule has 2 nitrogen and oxygen atoms in total. The lowest BCUT2D eigenvalue weighted by Gasteiger charge is -2.06. The summed E-state index contributed by atoms with van der Waals surface area (Å²) in [5.41, 5.74) is 2.47. The fourth-order valence-corrected chi connectivity index (χ4v) is 2.47. The number of ketones is 1. The van der Waals surface area contributed by atoms with Gasteiger partial charge in [-0.3, -0.25) is 4.79 Å². The Morgan fingerprint density at radius 2 is 2.21 bits per heavy atom. The molecule has 0 bridgehead atoms. The fourth-order valence-electron chi connectivity index (χ4n) is 2.47. The van der Waals surface area contributed by atoms with Crippen molar-refractivity contribution in [1.82, 2.24) is 0 Å². The second kappa shape index (κ2) is 2.38. The van der Waals surface area contributed by atoms with Crippen molar-refractivity contribution >= 4 is 5.78 Å². The molecule has 3 atom stereocenters. The molecule has 2 aliphatic rings. The number of fused-ring (bicyclic) bond motifs is 3. The third-order valence-corrected chi connectivity index (χ3v) is 3.21. The van der Waals surface area contributed by atoms with Gasteiger partial charge in [0, 0.05) is 11.5 Å². The van der Waals surface area contributed by atoms with Crippen molar-refractivity contribution in [1.29, 1.82) is 0 Å². The van der Waals surface area contributed by atoms with E-state index < -0.39 is 0 Å². The zero-order chi connectivity index (χ0) is 9.87. The van der Waals surface area contributed by atoms with E-state index in [1.165, 1.54) is 11.1 Å². The summed E-state index contributed by atoms with van der Waals surface area (Å²) in [5, 5.41) is 0. The van der Waals surface area contributed by atoms with Gasteiger partial charge >= 0.3 is 0 Å². The van der Waals surface area contributed by atoms with E-state index in [1.807, 2.05) is 12.1 Å². The number of carbonyl (C=O) groups excluding carboxylic acids is 1. The van der Waals surface area contributed by atoms with Gasteiger partial charge in [-0.1, -0.05) is 17.7 Å². The van der Waals surface area contributed by atoms with E-state index >= 15 is 0 Å². The number of aryl methyl sites for hydroxylation is 1. The van der Waals surface area contributed by atoms with Gasteiger partial charge in [0.1, 0.15) is 17.6 Å². The van der Waals surface area contributed by atoms with Gasteiger partial charge in [-0.15, -0.1) is 0 Å². The number of carbonyl (C=O) groups is 1. The lowest BCUT2D eigenvalue weighted by atomic mass is 10.0. The van der Waals surface area contributed by atoms with E-state index in [1.54, 1.807) is 6.92 Å². The number of rotatable bonds is 1. The van der Waals surface area contributed by atoms with Gasteiger partial charge in [-0.25, -0.2) is 0 Å². The van der Waals surface area contributed by atoms with Crippen molar-refractivity contribution in [3.05, 3.63) is 29.3 Å². The fraction of sp³-hybridized carbons (Fsp3) is 0.417. The van der Waals surface area contributed by atoms with E-state index in [0.29, 0.717) is 5.92 Å². The molecule has 72 valence electrons. The summed E-state index contributed by atoms with van der Waals surface area (Å²) in [4.78, 5) is 11.2. The number of benzene rings is 1. The molecule has 0 N–H and O–H groups in total. The highest BCUT2D eigenvalue weighted by molar-refractivity contribution is 5.85. The quantitative estimate of drug-likeness (QED) is 0.674. The van der Waals surface area contributed by atoms with Crippen LogP contribution in [-0.2, 0) is 4.79 Å². The molecule has 0 radical (unpaired) electrons. The molecule has 1 aliphatic heterocycles. The number of Topliss-reactive ketones (excluding diaryl/α,β-unsaturated/α-hetero) is 1. The molecule has 14 heavy (non-hydrogen) atoms. The summed E-state index contributed by atoms with van der Waals surface area (Å²) in [7, 11) is 0. The molecule has 1 fully saturated rings. The standard InChI is InChI=1S/C12H12O2/c1-6-3-4-9-8(5-6)11-10(7(2)13)12(11)14-9/h3-5,10-12H,1-2H3. The SMILES string of the molecule is CC(=O)C1C2Oc3ccc(C)cc3C21. The van der Waals surface area contributed by atoms with Gasteiger partial charge < -0.3 is 4.74 Å². The summed E-state index contributed by atoms with van der Waals surface area (Å²) in [5.74, 6) is 1.71. The molecule has 2 heteroatoms. The van der Waals surface area contributed by atoms with Crippen LogP contribution in [0.15, 0.2) is 18.2 Å². The van der Waals surface area contributed by atoms with E-state index in [0.717, 1.165) is 5.75 Å². The van der Waals surface area contributed by atoms with Crippen LogP contribution >= 0.6 is 0 Å². The van der Waals surface area contributed by atoms with Crippen molar-refractivity contribution in [2.75, 3.05) is 0 Å². The molecule has 0 saturated heterocycles. The Bertz CT molecular complexity index is 422. The van der Waals surface area contributed by atoms with Gasteiger partial charge in [0.05, 0.1) is 5.92 Å². The molecule has 3 unspecified atom stereocenters. The van der Waals surface area contributed by atoms with Crippen molar-refractivity contribution in [3.8, 4) is 5.75 Å². The van der Waals surface area contributed by atoms with Crippen molar-refractivity contribution in [2.45, 2.75) is 25.9 Å². The minimum Gasteiger partial charge on any atom is -0.489 e. The van der Waals surface area contributed by atoms with Gasteiger partial charge in [-0.05, 0) is 19.9 Å².